The van der Waals surface area contributed by atoms with Crippen molar-refractivity contribution in [3.63, 3.8) is 0 Å². The number of carbonyl (C=O) groups is 2. The second-order valence-corrected chi connectivity index (χ2v) is 5.78. The van der Waals surface area contributed by atoms with Gasteiger partial charge >= 0.3 is 12.0 Å². The normalized spacial score (nSPS) is 36.2. The van der Waals surface area contributed by atoms with Crippen LogP contribution >= 0.6 is 0 Å². The van der Waals surface area contributed by atoms with Gasteiger partial charge in [0.15, 0.2) is 0 Å². The van der Waals surface area contributed by atoms with Crippen LogP contribution in [0.2, 0.25) is 0 Å². The monoisotopic (exact) mass is 256 g/mol. The van der Waals surface area contributed by atoms with Crippen LogP contribution in [0, 0.1) is 11.8 Å². The van der Waals surface area contributed by atoms with Gasteiger partial charge in [0.25, 0.3) is 0 Å². The van der Waals surface area contributed by atoms with Gasteiger partial charge in [-0.2, -0.15) is 0 Å². The fourth-order valence-electron chi connectivity index (χ4n) is 2.75. The van der Waals surface area contributed by atoms with Crippen molar-refractivity contribution in [3.05, 3.63) is 0 Å². The van der Waals surface area contributed by atoms with Gasteiger partial charge in [-0.1, -0.05) is 6.92 Å². The molecule has 2 fully saturated rings. The second-order valence-electron chi connectivity index (χ2n) is 5.78. The maximum Gasteiger partial charge on any atom is 0.320 e. The van der Waals surface area contributed by atoms with Crippen LogP contribution in [0.4, 0.5) is 4.79 Å². The lowest BCUT2D eigenvalue weighted by Gasteiger charge is -2.25. The molecule has 2 amide bonds. The van der Waals surface area contributed by atoms with Crippen LogP contribution in [0.1, 0.15) is 20.3 Å². The van der Waals surface area contributed by atoms with Crippen LogP contribution < -0.4 is 0 Å². The average Bonchev–Trinajstić information content (AvgIpc) is 2.80. The molecule has 6 heteroatoms. The first-order valence-corrected chi connectivity index (χ1v) is 6.29. The third-order valence-corrected chi connectivity index (χ3v) is 3.92. The van der Waals surface area contributed by atoms with Crippen molar-refractivity contribution in [2.45, 2.75) is 25.9 Å². The third-order valence-electron chi connectivity index (χ3n) is 3.92. The average molecular weight is 256 g/mol. The number of aliphatic carboxylic acids is 1. The predicted molar refractivity (Wildman–Crippen MR) is 64.1 cm³/mol. The van der Waals surface area contributed by atoms with Gasteiger partial charge in [-0.3, -0.25) is 4.79 Å². The van der Waals surface area contributed by atoms with E-state index in [9.17, 15) is 14.7 Å². The lowest BCUT2D eigenvalue weighted by atomic mass is 9.99. The summed E-state index contributed by atoms with van der Waals surface area (Å²) in [5, 5.41) is 18.9. The summed E-state index contributed by atoms with van der Waals surface area (Å²) in [5.74, 6) is -1.34. The molecule has 6 nitrogen and oxygen atoms in total. The number of amides is 2. The van der Waals surface area contributed by atoms with Gasteiger partial charge < -0.3 is 20.0 Å². The van der Waals surface area contributed by atoms with E-state index in [4.69, 9.17) is 5.11 Å². The van der Waals surface area contributed by atoms with E-state index in [1.807, 2.05) is 6.92 Å². The maximum atomic E-state index is 12.2. The van der Waals surface area contributed by atoms with Crippen LogP contribution in [-0.4, -0.2) is 63.8 Å². The molecule has 0 aromatic carbocycles. The molecule has 2 aliphatic rings. The molecule has 3 atom stereocenters. The zero-order valence-corrected chi connectivity index (χ0v) is 10.8. The van der Waals surface area contributed by atoms with E-state index in [1.54, 1.807) is 16.7 Å². The lowest BCUT2D eigenvalue weighted by Crippen LogP contribution is -2.43. The Labute approximate surface area is 106 Å². The molecular formula is C12H20N2O4. The Hall–Kier alpha value is -1.30. The first-order chi connectivity index (χ1) is 8.30. The van der Waals surface area contributed by atoms with Crippen molar-refractivity contribution < 1.29 is 19.8 Å². The van der Waals surface area contributed by atoms with Crippen molar-refractivity contribution in [3.8, 4) is 0 Å². The maximum absolute atomic E-state index is 12.2. The highest BCUT2D eigenvalue weighted by molar-refractivity contribution is 5.78. The van der Waals surface area contributed by atoms with Gasteiger partial charge in [0, 0.05) is 19.6 Å². The molecule has 0 saturated carbocycles. The number of carboxylic acids is 1. The number of rotatable bonds is 1. The Morgan fingerprint density at radius 2 is 1.94 bits per heavy atom. The molecule has 2 rings (SSSR count). The summed E-state index contributed by atoms with van der Waals surface area (Å²) in [6, 6.07) is -0.150. The number of β-amino-alcohol motifs (C(OH)–C–C–N with tert-alkyl or cyclic N) is 1. The highest BCUT2D eigenvalue weighted by atomic mass is 16.4. The van der Waals surface area contributed by atoms with Gasteiger partial charge in [0.1, 0.15) is 0 Å². The Kier molecular flexibility index (Phi) is 3.23. The summed E-state index contributed by atoms with van der Waals surface area (Å²) in [4.78, 5) is 26.4. The summed E-state index contributed by atoms with van der Waals surface area (Å²) in [7, 11) is 0. The van der Waals surface area contributed by atoms with Crippen molar-refractivity contribution >= 4 is 12.0 Å². The number of carbonyl (C=O) groups excluding carboxylic acids is 1. The SMILES string of the molecule is CC1CN(C(=O)N2CCC(C)(O)C2)CC1C(=O)O. The van der Waals surface area contributed by atoms with Gasteiger partial charge in [-0.05, 0) is 19.3 Å². The number of hydrogen-bond donors (Lipinski definition) is 2. The lowest BCUT2D eigenvalue weighted by molar-refractivity contribution is -0.142. The minimum absolute atomic E-state index is 0.0189. The molecule has 2 heterocycles. The highest BCUT2D eigenvalue weighted by Gasteiger charge is 2.41. The van der Waals surface area contributed by atoms with E-state index in [0.29, 0.717) is 26.1 Å². The molecule has 2 saturated heterocycles. The number of likely N-dealkylation sites (tertiary alicyclic amines) is 2. The fourth-order valence-corrected chi connectivity index (χ4v) is 2.75. The van der Waals surface area contributed by atoms with Crippen LogP contribution in [0.3, 0.4) is 0 Å². The van der Waals surface area contributed by atoms with E-state index < -0.39 is 17.5 Å². The summed E-state index contributed by atoms with van der Waals surface area (Å²) in [6.45, 7) is 5.18. The molecule has 0 aromatic rings. The fraction of sp³-hybridized carbons (Fsp3) is 0.833. The molecule has 2 aliphatic heterocycles. The molecule has 102 valence electrons. The molecule has 0 radical (unpaired) electrons. The Balaban J connectivity index is 1.98. The van der Waals surface area contributed by atoms with Crippen molar-refractivity contribution in [1.82, 2.24) is 9.80 Å². The van der Waals surface area contributed by atoms with Crippen LogP contribution in [0.5, 0.6) is 0 Å². The molecular weight excluding hydrogens is 236 g/mol. The molecule has 2 N–H and O–H groups in total. The number of carboxylic acid groups (broad SMARTS) is 1. The zero-order chi connectivity index (χ0) is 13.5. The van der Waals surface area contributed by atoms with Gasteiger partial charge in [0.05, 0.1) is 18.1 Å². The Morgan fingerprint density at radius 3 is 2.39 bits per heavy atom. The largest absolute Gasteiger partial charge is 0.481 e. The van der Waals surface area contributed by atoms with E-state index in [0.717, 1.165) is 0 Å². The van der Waals surface area contributed by atoms with Crippen molar-refractivity contribution in [2.75, 3.05) is 26.2 Å². The van der Waals surface area contributed by atoms with E-state index in [1.165, 1.54) is 0 Å². The first kappa shape index (κ1) is 13.1. The van der Waals surface area contributed by atoms with E-state index in [2.05, 4.69) is 0 Å². The topological polar surface area (TPSA) is 81.1 Å². The van der Waals surface area contributed by atoms with Crippen molar-refractivity contribution in [2.24, 2.45) is 11.8 Å². The van der Waals surface area contributed by atoms with Crippen LogP contribution in [0.15, 0.2) is 0 Å². The second kappa shape index (κ2) is 4.42. The molecule has 3 unspecified atom stereocenters. The van der Waals surface area contributed by atoms with E-state index in [-0.39, 0.29) is 18.5 Å². The number of hydrogen-bond acceptors (Lipinski definition) is 3. The summed E-state index contributed by atoms with van der Waals surface area (Å²) in [6.07, 6.45) is 0.574. The first-order valence-electron chi connectivity index (χ1n) is 6.29. The van der Waals surface area contributed by atoms with Crippen LogP contribution in [0.25, 0.3) is 0 Å². The highest BCUT2D eigenvalue weighted by Crippen LogP contribution is 2.27. The number of aliphatic hydroxyl groups is 1. The zero-order valence-electron chi connectivity index (χ0n) is 10.8. The smallest absolute Gasteiger partial charge is 0.320 e. The number of nitrogens with zero attached hydrogens (tertiary/aromatic N) is 2. The van der Waals surface area contributed by atoms with Gasteiger partial charge in [-0.25, -0.2) is 4.79 Å². The predicted octanol–water partition coefficient (Wildman–Crippen LogP) is 0.216. The number of urea groups is 1. The van der Waals surface area contributed by atoms with E-state index >= 15 is 0 Å². The molecule has 18 heavy (non-hydrogen) atoms. The summed E-state index contributed by atoms with van der Waals surface area (Å²) >= 11 is 0. The summed E-state index contributed by atoms with van der Waals surface area (Å²) < 4.78 is 0. The van der Waals surface area contributed by atoms with Gasteiger partial charge in [-0.15, -0.1) is 0 Å². The molecule has 0 bridgehead atoms. The molecule has 0 aromatic heterocycles. The third kappa shape index (κ3) is 2.43. The Morgan fingerprint density at radius 1 is 1.28 bits per heavy atom. The molecule has 0 spiro atoms. The van der Waals surface area contributed by atoms with Crippen molar-refractivity contribution in [1.29, 1.82) is 0 Å². The quantitative estimate of drug-likeness (QED) is 0.703. The Bertz CT molecular complexity index is 369. The van der Waals surface area contributed by atoms with Gasteiger partial charge in [0.2, 0.25) is 0 Å². The summed E-state index contributed by atoms with van der Waals surface area (Å²) in [5.41, 5.74) is -0.812. The molecule has 0 aliphatic carbocycles. The minimum Gasteiger partial charge on any atom is -0.481 e. The van der Waals surface area contributed by atoms with Crippen LogP contribution in [-0.2, 0) is 4.79 Å². The standard InChI is InChI=1S/C12H20N2O4/c1-8-5-14(6-9(8)10(15)16)11(17)13-4-3-12(2,18)7-13/h8-9,18H,3-7H2,1-2H3,(H,15,16). The minimum atomic E-state index is -0.841.